The van der Waals surface area contributed by atoms with Gasteiger partial charge in [0.1, 0.15) is 5.76 Å². The average molecular weight is 493 g/mol. The molecule has 3 heterocycles. The van der Waals surface area contributed by atoms with E-state index in [1.54, 1.807) is 24.6 Å². The predicted octanol–water partition coefficient (Wildman–Crippen LogP) is 5.01. The average Bonchev–Trinajstić information content (AvgIpc) is 3.43. The van der Waals surface area contributed by atoms with E-state index in [4.69, 9.17) is 16.1 Å². The number of carbonyl (C=O) groups excluding carboxylic acids is 1. The molecule has 178 valence electrons. The molecule has 1 aromatic carbocycles. The van der Waals surface area contributed by atoms with Crippen LogP contribution < -0.4 is 5.32 Å². The van der Waals surface area contributed by atoms with Gasteiger partial charge in [-0.2, -0.15) is 23.4 Å². The van der Waals surface area contributed by atoms with E-state index >= 15 is 0 Å². The number of anilines is 1. The Kier molecular flexibility index (Phi) is 6.22. The highest BCUT2D eigenvalue weighted by Crippen LogP contribution is 2.29. The molecule has 0 radical (unpaired) electrons. The highest BCUT2D eigenvalue weighted by molar-refractivity contribution is 6.31. The van der Waals surface area contributed by atoms with Crippen LogP contribution in [0.5, 0.6) is 0 Å². The zero-order valence-corrected chi connectivity index (χ0v) is 19.2. The standard InChI is InChI=1S/C22H20ClF3N6O2/c1-12-19(23)13(2)32(29-12)11-18-14(3)34-30-20(18)21(33)28-17-8-27-31(10-17)9-15-5-4-6-16(7-15)22(24,25)26/h4-8,10H,9,11H2,1-3H3,(H,28,33). The van der Waals surface area contributed by atoms with Gasteiger partial charge in [-0.3, -0.25) is 14.2 Å². The number of nitrogens with zero attached hydrogens (tertiary/aromatic N) is 5. The molecule has 0 bridgehead atoms. The van der Waals surface area contributed by atoms with Gasteiger partial charge in [0.05, 0.1) is 46.9 Å². The summed E-state index contributed by atoms with van der Waals surface area (Å²) in [6, 6.07) is 4.99. The van der Waals surface area contributed by atoms with Crippen molar-refractivity contribution >= 4 is 23.2 Å². The number of alkyl halides is 3. The molecular weight excluding hydrogens is 473 g/mol. The van der Waals surface area contributed by atoms with E-state index in [1.807, 2.05) is 6.92 Å². The number of benzene rings is 1. The van der Waals surface area contributed by atoms with Crippen LogP contribution in [0.25, 0.3) is 0 Å². The van der Waals surface area contributed by atoms with E-state index in [-0.39, 0.29) is 18.8 Å². The molecule has 0 aliphatic rings. The van der Waals surface area contributed by atoms with Gasteiger partial charge in [-0.15, -0.1) is 0 Å². The van der Waals surface area contributed by atoms with Crippen LogP contribution in [-0.4, -0.2) is 30.6 Å². The summed E-state index contributed by atoms with van der Waals surface area (Å²) in [6.45, 7) is 5.65. The monoisotopic (exact) mass is 492 g/mol. The quantitative estimate of drug-likeness (QED) is 0.408. The summed E-state index contributed by atoms with van der Waals surface area (Å²) in [5, 5.41) is 15.6. The number of nitrogens with one attached hydrogen (secondary N) is 1. The molecule has 4 aromatic rings. The molecule has 8 nitrogen and oxygen atoms in total. The van der Waals surface area contributed by atoms with Gasteiger partial charge in [0.2, 0.25) is 0 Å². The van der Waals surface area contributed by atoms with Gasteiger partial charge in [-0.05, 0) is 38.5 Å². The van der Waals surface area contributed by atoms with Gasteiger partial charge >= 0.3 is 6.18 Å². The molecule has 0 aliphatic carbocycles. The Morgan fingerprint density at radius 3 is 2.65 bits per heavy atom. The normalized spacial score (nSPS) is 11.7. The van der Waals surface area contributed by atoms with E-state index in [9.17, 15) is 18.0 Å². The van der Waals surface area contributed by atoms with Crippen molar-refractivity contribution in [2.45, 2.75) is 40.0 Å². The summed E-state index contributed by atoms with van der Waals surface area (Å²) in [7, 11) is 0. The maximum absolute atomic E-state index is 12.9. The number of aromatic nitrogens is 5. The van der Waals surface area contributed by atoms with Crippen molar-refractivity contribution in [1.82, 2.24) is 24.7 Å². The lowest BCUT2D eigenvalue weighted by Gasteiger charge is -2.08. The zero-order valence-electron chi connectivity index (χ0n) is 18.4. The minimum Gasteiger partial charge on any atom is -0.361 e. The first-order valence-corrected chi connectivity index (χ1v) is 10.6. The molecule has 3 aromatic heterocycles. The lowest BCUT2D eigenvalue weighted by atomic mass is 10.1. The van der Waals surface area contributed by atoms with Gasteiger partial charge in [-0.1, -0.05) is 28.9 Å². The number of rotatable bonds is 6. The molecule has 0 spiro atoms. The number of hydrogen-bond acceptors (Lipinski definition) is 5. The lowest BCUT2D eigenvalue weighted by molar-refractivity contribution is -0.137. The molecule has 0 saturated carbocycles. The summed E-state index contributed by atoms with van der Waals surface area (Å²) in [5.41, 5.74) is 2.12. The number of aryl methyl sites for hydroxylation is 2. The van der Waals surface area contributed by atoms with Crippen molar-refractivity contribution in [1.29, 1.82) is 0 Å². The molecule has 12 heteroatoms. The second kappa shape index (κ2) is 8.98. The van der Waals surface area contributed by atoms with Crippen LogP contribution in [0.3, 0.4) is 0 Å². The summed E-state index contributed by atoms with van der Waals surface area (Å²) in [6.07, 6.45) is -1.50. The van der Waals surface area contributed by atoms with Crippen LogP contribution in [0.15, 0.2) is 41.2 Å². The van der Waals surface area contributed by atoms with E-state index in [0.29, 0.717) is 33.3 Å². The summed E-state index contributed by atoms with van der Waals surface area (Å²) >= 11 is 6.21. The third-order valence-corrected chi connectivity index (χ3v) is 5.84. The maximum Gasteiger partial charge on any atom is 0.416 e. The highest BCUT2D eigenvalue weighted by Gasteiger charge is 2.30. The fourth-order valence-electron chi connectivity index (χ4n) is 3.47. The Morgan fingerprint density at radius 1 is 1.21 bits per heavy atom. The number of carbonyl (C=O) groups is 1. The molecule has 0 saturated heterocycles. The topological polar surface area (TPSA) is 90.8 Å². The molecule has 0 fully saturated rings. The Hall–Kier alpha value is -3.60. The molecule has 4 rings (SSSR count). The van der Waals surface area contributed by atoms with Crippen molar-refractivity contribution < 1.29 is 22.5 Å². The zero-order chi connectivity index (χ0) is 24.6. The van der Waals surface area contributed by atoms with Gasteiger partial charge in [0.25, 0.3) is 5.91 Å². The van der Waals surface area contributed by atoms with Crippen LogP contribution in [0, 0.1) is 20.8 Å². The minimum atomic E-state index is -4.43. The first kappa shape index (κ1) is 23.6. The molecule has 34 heavy (non-hydrogen) atoms. The summed E-state index contributed by atoms with van der Waals surface area (Å²) < 4.78 is 47.1. The van der Waals surface area contributed by atoms with Crippen LogP contribution >= 0.6 is 11.6 Å². The van der Waals surface area contributed by atoms with E-state index in [2.05, 4.69) is 20.7 Å². The van der Waals surface area contributed by atoms with E-state index < -0.39 is 17.6 Å². The predicted molar refractivity (Wildman–Crippen MR) is 118 cm³/mol. The Bertz CT molecular complexity index is 1360. The first-order valence-electron chi connectivity index (χ1n) is 10.2. The van der Waals surface area contributed by atoms with Crippen molar-refractivity contribution in [3.8, 4) is 0 Å². The number of amides is 1. The summed E-state index contributed by atoms with van der Waals surface area (Å²) in [4.78, 5) is 12.9. The fraction of sp³-hybridized carbons (Fsp3) is 0.273. The van der Waals surface area contributed by atoms with E-state index in [0.717, 1.165) is 17.8 Å². The van der Waals surface area contributed by atoms with Crippen molar-refractivity contribution in [2.24, 2.45) is 0 Å². The minimum absolute atomic E-state index is 0.0896. The van der Waals surface area contributed by atoms with Gasteiger partial charge < -0.3 is 9.84 Å². The van der Waals surface area contributed by atoms with Crippen LogP contribution in [-0.2, 0) is 19.3 Å². The van der Waals surface area contributed by atoms with Crippen molar-refractivity contribution in [3.05, 3.63) is 81.2 Å². The maximum atomic E-state index is 12.9. The van der Waals surface area contributed by atoms with Gasteiger partial charge in [-0.25, -0.2) is 0 Å². The fourth-order valence-corrected chi connectivity index (χ4v) is 3.61. The summed E-state index contributed by atoms with van der Waals surface area (Å²) in [5.74, 6) is -0.0489. The van der Waals surface area contributed by atoms with Crippen molar-refractivity contribution in [2.75, 3.05) is 5.32 Å². The van der Waals surface area contributed by atoms with Crippen LogP contribution in [0.1, 0.15) is 44.3 Å². The molecule has 0 unspecified atom stereocenters. The van der Waals surface area contributed by atoms with Gasteiger partial charge in [0.15, 0.2) is 5.69 Å². The Balaban J connectivity index is 1.48. The second-order valence-electron chi connectivity index (χ2n) is 7.79. The van der Waals surface area contributed by atoms with Crippen LogP contribution in [0.4, 0.5) is 18.9 Å². The second-order valence-corrected chi connectivity index (χ2v) is 8.17. The van der Waals surface area contributed by atoms with E-state index in [1.165, 1.54) is 23.1 Å². The number of hydrogen-bond donors (Lipinski definition) is 1. The SMILES string of the molecule is Cc1nn(Cc2c(C(=O)Nc3cnn(Cc4cccc(C(F)(F)F)c4)c3)noc2C)c(C)c1Cl. The first-order chi connectivity index (χ1) is 16.0. The third-order valence-electron chi connectivity index (χ3n) is 5.29. The van der Waals surface area contributed by atoms with Crippen LogP contribution in [0.2, 0.25) is 5.02 Å². The molecule has 1 amide bonds. The lowest BCUT2D eigenvalue weighted by Crippen LogP contribution is -2.16. The number of halogens is 4. The smallest absolute Gasteiger partial charge is 0.361 e. The van der Waals surface area contributed by atoms with Gasteiger partial charge in [0, 0.05) is 11.8 Å². The highest BCUT2D eigenvalue weighted by atomic mass is 35.5. The third kappa shape index (κ3) is 4.84. The Morgan fingerprint density at radius 2 is 1.97 bits per heavy atom. The molecule has 0 aliphatic heterocycles. The largest absolute Gasteiger partial charge is 0.416 e. The van der Waals surface area contributed by atoms with Crippen molar-refractivity contribution in [3.63, 3.8) is 0 Å². The molecule has 1 N–H and O–H groups in total. The molecular formula is C22H20ClF3N6O2. The Labute approximate surface area is 197 Å². The molecule has 0 atom stereocenters.